The molecule has 0 fully saturated rings. The van der Waals surface area contributed by atoms with Crippen LogP contribution in [0, 0.1) is 11.2 Å². The van der Waals surface area contributed by atoms with Crippen LogP contribution in [0.5, 0.6) is 0 Å². The minimum Gasteiger partial charge on any atom is -0.481 e. The summed E-state index contributed by atoms with van der Waals surface area (Å²) in [6.07, 6.45) is 2.25. The average Bonchev–Trinajstić information content (AvgIpc) is 2.92. The highest BCUT2D eigenvalue weighted by atomic mass is 19.1. The van der Waals surface area contributed by atoms with Crippen molar-refractivity contribution >= 4 is 5.97 Å². The second-order valence-corrected chi connectivity index (χ2v) is 5.89. The molecule has 22 heavy (non-hydrogen) atoms. The number of nitrogens with zero attached hydrogens (tertiary/aromatic N) is 1. The molecule has 1 heterocycles. The summed E-state index contributed by atoms with van der Waals surface area (Å²) in [7, 11) is 0. The summed E-state index contributed by atoms with van der Waals surface area (Å²) in [4.78, 5) is 11.0. The summed E-state index contributed by atoms with van der Waals surface area (Å²) in [6.45, 7) is 4.57. The number of carbonyl (C=O) groups is 1. The number of carboxylic acid groups (broad SMARTS) is 1. The van der Waals surface area contributed by atoms with Crippen LogP contribution in [0.1, 0.15) is 25.8 Å². The van der Waals surface area contributed by atoms with Gasteiger partial charge >= 0.3 is 5.97 Å². The van der Waals surface area contributed by atoms with Crippen molar-refractivity contribution < 1.29 is 14.3 Å². The molecular weight excluding hydrogens is 285 g/mol. The zero-order valence-electron chi connectivity index (χ0n) is 12.7. The van der Waals surface area contributed by atoms with Gasteiger partial charge in [-0.1, -0.05) is 0 Å². The molecule has 0 amide bonds. The maximum absolute atomic E-state index is 13.0. The van der Waals surface area contributed by atoms with Crippen molar-refractivity contribution in [2.45, 2.75) is 26.8 Å². The topological polar surface area (TPSA) is 78.0 Å². The van der Waals surface area contributed by atoms with Crippen LogP contribution in [0.25, 0.3) is 11.3 Å². The molecule has 0 bridgehead atoms. The van der Waals surface area contributed by atoms with Gasteiger partial charge in [0.25, 0.3) is 0 Å². The molecule has 0 aliphatic rings. The van der Waals surface area contributed by atoms with E-state index in [-0.39, 0.29) is 5.82 Å². The van der Waals surface area contributed by atoms with E-state index in [1.54, 1.807) is 32.2 Å². The number of halogens is 1. The lowest BCUT2D eigenvalue weighted by molar-refractivity contribution is -0.147. The second-order valence-electron chi connectivity index (χ2n) is 5.89. The normalized spacial score (nSPS) is 11.6. The fourth-order valence-electron chi connectivity index (χ4n) is 2.04. The van der Waals surface area contributed by atoms with E-state index in [9.17, 15) is 9.18 Å². The molecule has 0 aliphatic heterocycles. The molecule has 0 radical (unpaired) electrons. The van der Waals surface area contributed by atoms with Gasteiger partial charge in [-0.25, -0.2) is 4.39 Å². The van der Waals surface area contributed by atoms with E-state index in [0.717, 1.165) is 16.8 Å². The van der Waals surface area contributed by atoms with E-state index < -0.39 is 11.4 Å². The monoisotopic (exact) mass is 305 g/mol. The van der Waals surface area contributed by atoms with Gasteiger partial charge in [0.05, 0.1) is 17.3 Å². The number of aromatic amines is 1. The summed E-state index contributed by atoms with van der Waals surface area (Å²) in [5.74, 6) is -1.08. The van der Waals surface area contributed by atoms with Gasteiger partial charge in [-0.2, -0.15) is 5.10 Å². The molecule has 2 rings (SSSR count). The third kappa shape index (κ3) is 3.92. The number of aliphatic carboxylic acids is 1. The predicted molar refractivity (Wildman–Crippen MR) is 81.7 cm³/mol. The molecule has 0 saturated carbocycles. The predicted octanol–water partition coefficient (Wildman–Crippen LogP) is 2.81. The van der Waals surface area contributed by atoms with E-state index in [2.05, 4.69) is 15.5 Å². The number of H-pyrrole nitrogens is 1. The quantitative estimate of drug-likeness (QED) is 0.687. The third-order valence-corrected chi connectivity index (χ3v) is 3.67. The lowest BCUT2D eigenvalue weighted by atomic mass is 9.90. The zero-order chi connectivity index (χ0) is 16.2. The van der Waals surface area contributed by atoms with Crippen LogP contribution in [0.15, 0.2) is 30.5 Å². The van der Waals surface area contributed by atoms with Crippen molar-refractivity contribution in [3.63, 3.8) is 0 Å². The first kappa shape index (κ1) is 16.2. The van der Waals surface area contributed by atoms with E-state index >= 15 is 0 Å². The molecule has 5 nitrogen and oxygen atoms in total. The third-order valence-electron chi connectivity index (χ3n) is 3.67. The van der Waals surface area contributed by atoms with Crippen LogP contribution in [-0.2, 0) is 11.3 Å². The molecular formula is C16H20FN3O2. The number of nitrogens with one attached hydrogen (secondary N) is 2. The minimum atomic E-state index is -0.801. The van der Waals surface area contributed by atoms with Crippen LogP contribution in [0.4, 0.5) is 4.39 Å². The van der Waals surface area contributed by atoms with E-state index in [1.807, 2.05) is 0 Å². The summed E-state index contributed by atoms with van der Waals surface area (Å²) in [5.41, 5.74) is 1.91. The number of benzene rings is 1. The smallest absolute Gasteiger partial charge is 0.309 e. The Morgan fingerprint density at radius 2 is 2.05 bits per heavy atom. The summed E-state index contributed by atoms with van der Waals surface area (Å²) < 4.78 is 13.0. The van der Waals surface area contributed by atoms with Crippen molar-refractivity contribution in [1.82, 2.24) is 15.5 Å². The zero-order valence-corrected chi connectivity index (χ0v) is 12.7. The summed E-state index contributed by atoms with van der Waals surface area (Å²) in [5, 5.41) is 19.2. The Labute approximate surface area is 128 Å². The number of aromatic nitrogens is 2. The Bertz CT molecular complexity index is 635. The first-order valence-electron chi connectivity index (χ1n) is 7.12. The highest BCUT2D eigenvalue weighted by Gasteiger charge is 2.26. The molecule has 0 unspecified atom stereocenters. The molecule has 1 aromatic carbocycles. The molecule has 118 valence electrons. The standard InChI is InChI=1S/C16H20FN3O2/c1-16(2,15(21)22)7-8-18-9-12-10-19-20-14(12)11-3-5-13(17)6-4-11/h3-6,10,18H,7-9H2,1-2H3,(H,19,20)(H,21,22). The molecule has 0 saturated heterocycles. The lowest BCUT2D eigenvalue weighted by Crippen LogP contribution is -2.28. The van der Waals surface area contributed by atoms with Gasteiger partial charge in [0, 0.05) is 17.7 Å². The van der Waals surface area contributed by atoms with Crippen molar-refractivity contribution in [3.05, 3.63) is 41.8 Å². The first-order chi connectivity index (χ1) is 10.4. The van der Waals surface area contributed by atoms with Gasteiger partial charge < -0.3 is 10.4 Å². The maximum Gasteiger partial charge on any atom is 0.309 e. The molecule has 1 aromatic heterocycles. The van der Waals surface area contributed by atoms with Gasteiger partial charge in [0.1, 0.15) is 5.82 Å². The summed E-state index contributed by atoms with van der Waals surface area (Å²) >= 11 is 0. The van der Waals surface area contributed by atoms with Gasteiger partial charge in [-0.05, 0) is 51.1 Å². The van der Waals surface area contributed by atoms with E-state index in [4.69, 9.17) is 5.11 Å². The van der Waals surface area contributed by atoms with Gasteiger partial charge in [0.15, 0.2) is 0 Å². The van der Waals surface area contributed by atoms with Crippen molar-refractivity contribution in [2.75, 3.05) is 6.54 Å². The molecule has 6 heteroatoms. The molecule has 2 aromatic rings. The van der Waals surface area contributed by atoms with Crippen molar-refractivity contribution in [1.29, 1.82) is 0 Å². The fourth-order valence-corrected chi connectivity index (χ4v) is 2.04. The molecule has 0 spiro atoms. The SMILES string of the molecule is CC(C)(CCNCc1cn[nH]c1-c1ccc(F)cc1)C(=O)O. The van der Waals surface area contributed by atoms with Crippen LogP contribution in [-0.4, -0.2) is 27.8 Å². The van der Waals surface area contributed by atoms with Crippen molar-refractivity contribution in [2.24, 2.45) is 5.41 Å². The van der Waals surface area contributed by atoms with Gasteiger partial charge in [-0.3, -0.25) is 9.89 Å². The minimum absolute atomic E-state index is 0.279. The van der Waals surface area contributed by atoms with Gasteiger partial charge in [-0.15, -0.1) is 0 Å². The van der Waals surface area contributed by atoms with Crippen molar-refractivity contribution in [3.8, 4) is 11.3 Å². The van der Waals surface area contributed by atoms with Crippen LogP contribution >= 0.6 is 0 Å². The lowest BCUT2D eigenvalue weighted by Gasteiger charge is -2.18. The number of hydrogen-bond acceptors (Lipinski definition) is 3. The molecule has 0 atom stereocenters. The first-order valence-corrected chi connectivity index (χ1v) is 7.12. The highest BCUT2D eigenvalue weighted by molar-refractivity contribution is 5.73. The average molecular weight is 305 g/mol. The van der Waals surface area contributed by atoms with E-state index in [0.29, 0.717) is 19.5 Å². The van der Waals surface area contributed by atoms with Crippen LogP contribution in [0.2, 0.25) is 0 Å². The highest BCUT2D eigenvalue weighted by Crippen LogP contribution is 2.22. The Morgan fingerprint density at radius 1 is 1.36 bits per heavy atom. The largest absolute Gasteiger partial charge is 0.481 e. The number of carboxylic acids is 1. The summed E-state index contributed by atoms with van der Waals surface area (Å²) in [6, 6.07) is 6.20. The Balaban J connectivity index is 1.94. The Hall–Kier alpha value is -2.21. The fraction of sp³-hybridized carbons (Fsp3) is 0.375. The Kier molecular flexibility index (Phi) is 4.92. The molecule has 0 aliphatic carbocycles. The number of rotatable bonds is 7. The Morgan fingerprint density at radius 3 is 2.68 bits per heavy atom. The maximum atomic E-state index is 13.0. The van der Waals surface area contributed by atoms with Gasteiger partial charge in [0.2, 0.25) is 0 Å². The van der Waals surface area contributed by atoms with Crippen LogP contribution in [0.3, 0.4) is 0 Å². The number of hydrogen-bond donors (Lipinski definition) is 3. The molecule has 3 N–H and O–H groups in total. The van der Waals surface area contributed by atoms with E-state index in [1.165, 1.54) is 12.1 Å². The van der Waals surface area contributed by atoms with Crippen LogP contribution < -0.4 is 5.32 Å². The second kappa shape index (κ2) is 6.70.